The molecule has 0 saturated heterocycles. The van der Waals surface area contributed by atoms with E-state index in [2.05, 4.69) is 10.1 Å². The minimum atomic E-state index is -3.03. The Kier molecular flexibility index (Phi) is 5.86. The zero-order chi connectivity index (χ0) is 17.7. The molecule has 1 amide bonds. The highest BCUT2D eigenvalue weighted by atomic mass is 32.1. The summed E-state index contributed by atoms with van der Waals surface area (Å²) in [6.07, 6.45) is 0. The third kappa shape index (κ3) is 4.29. The van der Waals surface area contributed by atoms with Crippen LogP contribution in [-0.2, 0) is 4.74 Å². The van der Waals surface area contributed by atoms with Gasteiger partial charge >= 0.3 is 12.6 Å². The van der Waals surface area contributed by atoms with Crippen molar-refractivity contribution in [3.8, 4) is 5.75 Å². The zero-order valence-corrected chi connectivity index (χ0v) is 13.8. The number of benzene rings is 1. The van der Waals surface area contributed by atoms with Crippen molar-refractivity contribution < 1.29 is 27.8 Å². The van der Waals surface area contributed by atoms with Gasteiger partial charge in [-0.3, -0.25) is 4.79 Å². The molecule has 2 rings (SSSR count). The van der Waals surface area contributed by atoms with Crippen molar-refractivity contribution in [3.05, 3.63) is 46.3 Å². The first-order valence-corrected chi connectivity index (χ1v) is 7.86. The van der Waals surface area contributed by atoms with Crippen molar-refractivity contribution in [2.45, 2.75) is 20.5 Å². The van der Waals surface area contributed by atoms with Crippen molar-refractivity contribution in [2.24, 2.45) is 0 Å². The minimum Gasteiger partial charge on any atom is -0.462 e. The van der Waals surface area contributed by atoms with Gasteiger partial charge in [0.25, 0.3) is 5.91 Å². The second-order valence-electron chi connectivity index (χ2n) is 4.67. The fraction of sp³-hybridized carbons (Fsp3) is 0.250. The summed E-state index contributed by atoms with van der Waals surface area (Å²) in [6.45, 7) is 0.629. The lowest BCUT2D eigenvalue weighted by Gasteiger charge is -2.09. The van der Waals surface area contributed by atoms with Crippen molar-refractivity contribution in [1.82, 2.24) is 0 Å². The Morgan fingerprint density at radius 3 is 2.67 bits per heavy atom. The normalized spacial score (nSPS) is 10.5. The van der Waals surface area contributed by atoms with Gasteiger partial charge in [-0.1, -0.05) is 12.1 Å². The van der Waals surface area contributed by atoms with Crippen LogP contribution in [-0.4, -0.2) is 25.1 Å². The van der Waals surface area contributed by atoms with Crippen LogP contribution in [0.2, 0.25) is 0 Å². The largest absolute Gasteiger partial charge is 0.462 e. The summed E-state index contributed by atoms with van der Waals surface area (Å²) in [5.74, 6) is -1.30. The van der Waals surface area contributed by atoms with E-state index in [0.29, 0.717) is 15.4 Å². The molecule has 0 aliphatic rings. The summed E-state index contributed by atoms with van der Waals surface area (Å²) in [5.41, 5.74) is 0.632. The summed E-state index contributed by atoms with van der Waals surface area (Å²) in [4.78, 5) is 24.4. The maximum atomic E-state index is 12.4. The summed E-state index contributed by atoms with van der Waals surface area (Å²) in [7, 11) is 0. The second kappa shape index (κ2) is 7.87. The first kappa shape index (κ1) is 17.9. The molecule has 1 aromatic heterocycles. The molecule has 24 heavy (non-hydrogen) atoms. The van der Waals surface area contributed by atoms with Gasteiger partial charge in [-0.15, -0.1) is 11.3 Å². The predicted molar refractivity (Wildman–Crippen MR) is 86.0 cm³/mol. The molecule has 0 unspecified atom stereocenters. The van der Waals surface area contributed by atoms with Crippen molar-refractivity contribution in [3.63, 3.8) is 0 Å². The van der Waals surface area contributed by atoms with Crippen LogP contribution in [0.15, 0.2) is 30.3 Å². The van der Waals surface area contributed by atoms with E-state index in [0.717, 1.165) is 11.3 Å². The Morgan fingerprint density at radius 1 is 1.29 bits per heavy atom. The molecule has 0 spiro atoms. The minimum absolute atomic E-state index is 0.0264. The van der Waals surface area contributed by atoms with E-state index in [1.54, 1.807) is 19.9 Å². The molecule has 1 aromatic carbocycles. The summed E-state index contributed by atoms with van der Waals surface area (Å²) >= 11 is 1.05. The SMILES string of the molecule is CCOC(=O)c1sc(NC(=O)c2ccccc2OC(F)F)cc1C. The Balaban J connectivity index is 2.19. The van der Waals surface area contributed by atoms with E-state index in [-0.39, 0.29) is 17.9 Å². The monoisotopic (exact) mass is 355 g/mol. The topological polar surface area (TPSA) is 64.6 Å². The molecule has 1 N–H and O–H groups in total. The lowest BCUT2D eigenvalue weighted by atomic mass is 10.2. The van der Waals surface area contributed by atoms with E-state index < -0.39 is 18.5 Å². The van der Waals surface area contributed by atoms with Gasteiger partial charge in [0.2, 0.25) is 0 Å². The van der Waals surface area contributed by atoms with Gasteiger partial charge in [-0.25, -0.2) is 4.79 Å². The standard InChI is InChI=1S/C16H15F2NO4S/c1-3-22-15(21)13-9(2)8-12(24-13)19-14(20)10-6-4-5-7-11(10)23-16(17)18/h4-8,16H,3H2,1-2H3,(H,19,20). The highest BCUT2D eigenvalue weighted by molar-refractivity contribution is 7.18. The molecule has 0 aliphatic carbocycles. The smallest absolute Gasteiger partial charge is 0.387 e. The van der Waals surface area contributed by atoms with Crippen LogP contribution >= 0.6 is 11.3 Å². The van der Waals surface area contributed by atoms with Crippen LogP contribution in [0.3, 0.4) is 0 Å². The van der Waals surface area contributed by atoms with Crippen LogP contribution in [0.4, 0.5) is 13.8 Å². The van der Waals surface area contributed by atoms with Crippen molar-refractivity contribution >= 4 is 28.2 Å². The molecular weight excluding hydrogens is 340 g/mol. The number of aryl methyl sites for hydroxylation is 1. The van der Waals surface area contributed by atoms with Gasteiger partial charge in [0.1, 0.15) is 10.6 Å². The number of esters is 1. The summed E-state index contributed by atoms with van der Waals surface area (Å²) < 4.78 is 34.1. The second-order valence-corrected chi connectivity index (χ2v) is 5.72. The lowest BCUT2D eigenvalue weighted by Crippen LogP contribution is -2.14. The quantitative estimate of drug-likeness (QED) is 0.793. The Morgan fingerprint density at radius 2 is 2.00 bits per heavy atom. The Hall–Kier alpha value is -2.48. The molecule has 5 nitrogen and oxygen atoms in total. The fourth-order valence-corrected chi connectivity index (χ4v) is 2.94. The highest BCUT2D eigenvalue weighted by Gasteiger charge is 2.19. The maximum Gasteiger partial charge on any atom is 0.387 e. The van der Waals surface area contributed by atoms with Gasteiger partial charge in [0, 0.05) is 0 Å². The highest BCUT2D eigenvalue weighted by Crippen LogP contribution is 2.29. The number of hydrogen-bond acceptors (Lipinski definition) is 5. The number of hydrogen-bond donors (Lipinski definition) is 1. The lowest BCUT2D eigenvalue weighted by molar-refractivity contribution is -0.0501. The van der Waals surface area contributed by atoms with Crippen molar-refractivity contribution in [2.75, 3.05) is 11.9 Å². The molecule has 0 bridgehead atoms. The molecular formula is C16H15F2NO4S. The van der Waals surface area contributed by atoms with Crippen LogP contribution in [0.1, 0.15) is 32.5 Å². The zero-order valence-electron chi connectivity index (χ0n) is 13.0. The van der Waals surface area contributed by atoms with E-state index in [1.165, 1.54) is 24.3 Å². The van der Waals surface area contributed by atoms with Crippen LogP contribution in [0.5, 0.6) is 5.75 Å². The number of ether oxygens (including phenoxy) is 2. The number of anilines is 1. The Labute approximate surface area is 141 Å². The van der Waals surface area contributed by atoms with Gasteiger partial charge in [0.05, 0.1) is 17.2 Å². The van der Waals surface area contributed by atoms with E-state index in [4.69, 9.17) is 4.74 Å². The first-order valence-electron chi connectivity index (χ1n) is 7.05. The maximum absolute atomic E-state index is 12.4. The van der Waals surface area contributed by atoms with Gasteiger partial charge in [-0.2, -0.15) is 8.78 Å². The molecule has 0 saturated carbocycles. The van der Waals surface area contributed by atoms with Gasteiger partial charge < -0.3 is 14.8 Å². The summed E-state index contributed by atoms with van der Waals surface area (Å²) in [6, 6.07) is 7.30. The third-order valence-electron chi connectivity index (χ3n) is 2.96. The van der Waals surface area contributed by atoms with E-state index >= 15 is 0 Å². The number of rotatable bonds is 6. The van der Waals surface area contributed by atoms with E-state index in [1.807, 2.05) is 0 Å². The number of amides is 1. The van der Waals surface area contributed by atoms with Crippen LogP contribution in [0.25, 0.3) is 0 Å². The summed E-state index contributed by atoms with van der Waals surface area (Å²) in [5, 5.41) is 2.99. The number of carbonyl (C=O) groups excluding carboxylic acids is 2. The van der Waals surface area contributed by atoms with Crippen LogP contribution in [0, 0.1) is 6.92 Å². The predicted octanol–water partition coefficient (Wildman–Crippen LogP) is 4.09. The van der Waals surface area contributed by atoms with Gasteiger partial charge in [0.15, 0.2) is 0 Å². The average molecular weight is 355 g/mol. The molecule has 0 fully saturated rings. The number of nitrogens with one attached hydrogen (secondary N) is 1. The van der Waals surface area contributed by atoms with Gasteiger partial charge in [-0.05, 0) is 37.6 Å². The molecule has 1 heterocycles. The average Bonchev–Trinajstić information content (AvgIpc) is 2.88. The van der Waals surface area contributed by atoms with E-state index in [9.17, 15) is 18.4 Å². The number of halogens is 2. The van der Waals surface area contributed by atoms with Crippen LogP contribution < -0.4 is 10.1 Å². The molecule has 0 aliphatic heterocycles. The third-order valence-corrected chi connectivity index (χ3v) is 4.10. The molecule has 8 heteroatoms. The molecule has 0 radical (unpaired) electrons. The number of carbonyl (C=O) groups is 2. The fourth-order valence-electron chi connectivity index (χ4n) is 1.98. The first-order chi connectivity index (χ1) is 11.4. The number of alkyl halides is 2. The molecule has 128 valence electrons. The number of para-hydroxylation sites is 1. The number of thiophene rings is 1. The Bertz CT molecular complexity index is 745. The molecule has 0 atom stereocenters. The van der Waals surface area contributed by atoms with Crippen molar-refractivity contribution in [1.29, 1.82) is 0 Å². The molecule has 2 aromatic rings.